The molecule has 0 bridgehead atoms. The molecule has 0 aliphatic carbocycles. The lowest BCUT2D eigenvalue weighted by Crippen LogP contribution is -2.14. The Bertz CT molecular complexity index is 1120. The van der Waals surface area contributed by atoms with E-state index in [-0.39, 0.29) is 23.7 Å². The minimum Gasteiger partial charge on any atom is -0.490 e. The van der Waals surface area contributed by atoms with Gasteiger partial charge in [0.05, 0.1) is 30.2 Å². The fraction of sp³-hybridized carbons (Fsp3) is 0.273. The van der Waals surface area contributed by atoms with Crippen molar-refractivity contribution in [2.45, 2.75) is 33.9 Å². The molecule has 1 amide bonds. The van der Waals surface area contributed by atoms with Crippen LogP contribution in [-0.2, 0) is 6.54 Å². The van der Waals surface area contributed by atoms with E-state index in [1.54, 1.807) is 36.7 Å². The number of hydrogen-bond acceptors (Lipinski definition) is 4. The molecule has 0 aliphatic heterocycles. The lowest BCUT2D eigenvalue weighted by molar-refractivity contribution is -0.0514. The summed E-state index contributed by atoms with van der Waals surface area (Å²) >= 11 is 12.5. The normalized spacial score (nSPS) is 11.0. The molecular formula is C22H21Cl2F2N3O3. The number of carbonyl (C=O) groups excluding carboxylic acids is 1. The Morgan fingerprint density at radius 1 is 1.16 bits per heavy atom. The predicted molar refractivity (Wildman–Crippen MR) is 119 cm³/mol. The van der Waals surface area contributed by atoms with Crippen LogP contribution in [-0.4, -0.2) is 28.9 Å². The Morgan fingerprint density at radius 3 is 2.47 bits per heavy atom. The minimum atomic E-state index is -3.00. The van der Waals surface area contributed by atoms with Crippen molar-refractivity contribution in [2.24, 2.45) is 0 Å². The number of anilines is 1. The summed E-state index contributed by atoms with van der Waals surface area (Å²) in [6.07, 6.45) is 0. The zero-order valence-corrected chi connectivity index (χ0v) is 19.1. The van der Waals surface area contributed by atoms with Crippen LogP contribution in [0.3, 0.4) is 0 Å². The van der Waals surface area contributed by atoms with Crippen molar-refractivity contribution in [1.29, 1.82) is 0 Å². The van der Waals surface area contributed by atoms with E-state index in [4.69, 9.17) is 27.9 Å². The Labute approximate surface area is 194 Å². The standard InChI is InChI=1S/C22H21Cl2F2N3O3/c1-4-31-19-10-14(8-9-18(19)32-22(25)26)21(30)27-20-12(2)28-29(13(20)3)11-15-16(23)6-5-7-17(15)24/h5-10,22H,4,11H2,1-3H3,(H,27,30). The highest BCUT2D eigenvalue weighted by molar-refractivity contribution is 6.36. The molecule has 0 spiro atoms. The number of halogens is 4. The fourth-order valence-electron chi connectivity index (χ4n) is 3.16. The van der Waals surface area contributed by atoms with Gasteiger partial charge in [0.15, 0.2) is 11.5 Å². The maximum atomic E-state index is 12.8. The molecule has 3 aromatic rings. The van der Waals surface area contributed by atoms with Gasteiger partial charge in [0, 0.05) is 21.2 Å². The van der Waals surface area contributed by atoms with Crippen LogP contribution < -0.4 is 14.8 Å². The number of nitrogens with one attached hydrogen (secondary N) is 1. The van der Waals surface area contributed by atoms with E-state index in [1.807, 2.05) is 6.92 Å². The topological polar surface area (TPSA) is 65.4 Å². The van der Waals surface area contributed by atoms with Gasteiger partial charge in [-0.25, -0.2) is 0 Å². The maximum absolute atomic E-state index is 12.8. The summed E-state index contributed by atoms with van der Waals surface area (Å²) < 4.78 is 36.7. The van der Waals surface area contributed by atoms with Crippen LogP contribution in [0.25, 0.3) is 0 Å². The molecule has 10 heteroatoms. The van der Waals surface area contributed by atoms with Gasteiger partial charge in [0.2, 0.25) is 0 Å². The summed E-state index contributed by atoms with van der Waals surface area (Å²) in [6, 6.07) is 9.26. The molecule has 170 valence electrons. The van der Waals surface area contributed by atoms with Gasteiger partial charge in [-0.15, -0.1) is 0 Å². The molecule has 1 aromatic heterocycles. The number of aryl methyl sites for hydroxylation is 1. The highest BCUT2D eigenvalue weighted by Gasteiger charge is 2.19. The van der Waals surface area contributed by atoms with E-state index in [9.17, 15) is 13.6 Å². The third kappa shape index (κ3) is 5.31. The minimum absolute atomic E-state index is 0.0537. The molecule has 0 radical (unpaired) electrons. The van der Waals surface area contributed by atoms with Crippen LogP contribution in [0, 0.1) is 13.8 Å². The number of carbonyl (C=O) groups is 1. The number of nitrogens with zero attached hydrogens (tertiary/aromatic N) is 2. The molecular weight excluding hydrogens is 463 g/mol. The maximum Gasteiger partial charge on any atom is 0.387 e. The molecule has 0 saturated heterocycles. The van der Waals surface area contributed by atoms with Crippen LogP contribution in [0.4, 0.5) is 14.5 Å². The molecule has 0 saturated carbocycles. The predicted octanol–water partition coefficient (Wildman–Crippen LogP) is 6.11. The first-order chi connectivity index (χ1) is 15.2. The number of aromatic nitrogens is 2. The van der Waals surface area contributed by atoms with Crippen molar-refractivity contribution in [3.8, 4) is 11.5 Å². The lowest BCUT2D eigenvalue weighted by atomic mass is 10.1. The molecule has 3 rings (SSSR count). The van der Waals surface area contributed by atoms with Crippen molar-refractivity contribution in [2.75, 3.05) is 11.9 Å². The first kappa shape index (κ1) is 23.8. The van der Waals surface area contributed by atoms with Crippen LogP contribution >= 0.6 is 23.2 Å². The highest BCUT2D eigenvalue weighted by atomic mass is 35.5. The fourth-order valence-corrected chi connectivity index (χ4v) is 3.68. The molecule has 0 unspecified atom stereocenters. The van der Waals surface area contributed by atoms with Crippen molar-refractivity contribution < 1.29 is 23.0 Å². The van der Waals surface area contributed by atoms with Crippen LogP contribution in [0.5, 0.6) is 11.5 Å². The molecule has 1 heterocycles. The van der Waals surface area contributed by atoms with Crippen molar-refractivity contribution in [1.82, 2.24) is 9.78 Å². The van der Waals surface area contributed by atoms with E-state index in [0.29, 0.717) is 33.7 Å². The smallest absolute Gasteiger partial charge is 0.387 e. The van der Waals surface area contributed by atoms with Crippen LogP contribution in [0.2, 0.25) is 10.0 Å². The van der Waals surface area contributed by atoms with Gasteiger partial charge in [-0.05, 0) is 51.1 Å². The number of rotatable bonds is 8. The van der Waals surface area contributed by atoms with Crippen molar-refractivity contribution >= 4 is 34.8 Å². The molecule has 6 nitrogen and oxygen atoms in total. The van der Waals surface area contributed by atoms with Gasteiger partial charge in [-0.1, -0.05) is 29.3 Å². The van der Waals surface area contributed by atoms with E-state index in [1.165, 1.54) is 18.2 Å². The zero-order valence-electron chi connectivity index (χ0n) is 17.6. The number of amides is 1. The van der Waals surface area contributed by atoms with E-state index >= 15 is 0 Å². The van der Waals surface area contributed by atoms with E-state index < -0.39 is 12.5 Å². The second-order valence-electron chi connectivity index (χ2n) is 6.83. The first-order valence-corrected chi connectivity index (χ1v) is 10.5. The molecule has 1 N–H and O–H groups in total. The number of hydrogen-bond donors (Lipinski definition) is 1. The Balaban J connectivity index is 1.85. The summed E-state index contributed by atoms with van der Waals surface area (Å²) in [5.41, 5.74) is 2.77. The molecule has 0 fully saturated rings. The Morgan fingerprint density at radius 2 is 1.84 bits per heavy atom. The molecule has 0 aliphatic rings. The second-order valence-corrected chi connectivity index (χ2v) is 7.65. The zero-order chi connectivity index (χ0) is 23.4. The second kappa shape index (κ2) is 10.2. The Kier molecular flexibility index (Phi) is 7.58. The average molecular weight is 484 g/mol. The number of alkyl halides is 2. The van der Waals surface area contributed by atoms with Crippen LogP contribution in [0.15, 0.2) is 36.4 Å². The van der Waals surface area contributed by atoms with Gasteiger partial charge in [-0.3, -0.25) is 9.48 Å². The highest BCUT2D eigenvalue weighted by Crippen LogP contribution is 2.31. The summed E-state index contributed by atoms with van der Waals surface area (Å²) in [5, 5.41) is 8.35. The SMILES string of the molecule is CCOc1cc(C(=O)Nc2c(C)nn(Cc3c(Cl)cccc3Cl)c2C)ccc1OC(F)F. The molecule has 0 atom stereocenters. The quantitative estimate of drug-likeness (QED) is 0.419. The summed E-state index contributed by atoms with van der Waals surface area (Å²) in [4.78, 5) is 12.8. The largest absolute Gasteiger partial charge is 0.490 e. The van der Waals surface area contributed by atoms with Gasteiger partial charge in [0.25, 0.3) is 5.91 Å². The van der Waals surface area contributed by atoms with Crippen LogP contribution in [0.1, 0.15) is 34.2 Å². The third-order valence-electron chi connectivity index (χ3n) is 4.71. The third-order valence-corrected chi connectivity index (χ3v) is 5.42. The number of ether oxygens (including phenoxy) is 2. The van der Waals surface area contributed by atoms with E-state index in [2.05, 4.69) is 15.2 Å². The van der Waals surface area contributed by atoms with Gasteiger partial charge < -0.3 is 14.8 Å². The average Bonchev–Trinajstić information content (AvgIpc) is 2.99. The summed E-state index contributed by atoms with van der Waals surface area (Å²) in [6.45, 7) is 2.82. The van der Waals surface area contributed by atoms with Crippen molar-refractivity contribution in [3.05, 3.63) is 69.0 Å². The van der Waals surface area contributed by atoms with Gasteiger partial charge in [0.1, 0.15) is 0 Å². The first-order valence-electron chi connectivity index (χ1n) is 9.71. The number of benzene rings is 2. The monoisotopic (exact) mass is 483 g/mol. The van der Waals surface area contributed by atoms with Gasteiger partial charge >= 0.3 is 6.61 Å². The molecule has 2 aromatic carbocycles. The summed E-state index contributed by atoms with van der Waals surface area (Å²) in [5.74, 6) is -0.538. The Hall–Kier alpha value is -2.84. The summed E-state index contributed by atoms with van der Waals surface area (Å²) in [7, 11) is 0. The lowest BCUT2D eigenvalue weighted by Gasteiger charge is -2.13. The molecule has 32 heavy (non-hydrogen) atoms. The van der Waals surface area contributed by atoms with E-state index in [0.717, 1.165) is 5.56 Å². The van der Waals surface area contributed by atoms with Gasteiger partial charge in [-0.2, -0.15) is 13.9 Å². The van der Waals surface area contributed by atoms with Crippen molar-refractivity contribution in [3.63, 3.8) is 0 Å².